The molecule has 0 atom stereocenters. The molecule has 0 saturated carbocycles. The van der Waals surface area contributed by atoms with E-state index in [1.807, 2.05) is 18.2 Å². The van der Waals surface area contributed by atoms with E-state index in [4.69, 9.17) is 17.3 Å². The number of aromatic nitrogens is 1. The summed E-state index contributed by atoms with van der Waals surface area (Å²) in [6.45, 7) is 3.34. The largest absolute Gasteiger partial charge is 0.330 e. The van der Waals surface area contributed by atoms with Gasteiger partial charge in [-0.05, 0) is 24.6 Å². The number of nitrogens with two attached hydrogens (primary N) is 1. The molecule has 1 aromatic heterocycles. The summed E-state index contributed by atoms with van der Waals surface area (Å²) in [7, 11) is 0. The third-order valence-electron chi connectivity index (χ3n) is 3.16. The molecule has 0 unspecified atom stereocenters. The number of hydrogen-bond acceptors (Lipinski definition) is 3. The summed E-state index contributed by atoms with van der Waals surface area (Å²) in [5.74, 6) is 0. The highest BCUT2D eigenvalue weighted by molar-refractivity contribution is 6.30. The summed E-state index contributed by atoms with van der Waals surface area (Å²) in [5.41, 5.74) is 7.98. The first-order valence-electron chi connectivity index (χ1n) is 6.85. The van der Waals surface area contributed by atoms with Crippen LogP contribution in [0.5, 0.6) is 0 Å². The van der Waals surface area contributed by atoms with Gasteiger partial charge in [0.15, 0.2) is 0 Å². The molecule has 1 aromatic carbocycles. The maximum Gasteiger partial charge on any atom is 0.133 e. The maximum absolute atomic E-state index is 6.14. The Balaban J connectivity index is 2.05. The Morgan fingerprint density at radius 3 is 2.55 bits per heavy atom. The first-order valence-corrected chi connectivity index (χ1v) is 7.23. The lowest BCUT2D eigenvalue weighted by atomic mass is 10.2. The number of hydrogen-bond donors (Lipinski definition) is 1. The molecule has 2 aromatic rings. The number of rotatable bonds is 7. The molecule has 0 aliphatic carbocycles. The van der Waals surface area contributed by atoms with Crippen molar-refractivity contribution in [3.05, 3.63) is 64.9 Å². The fraction of sp³-hybridized carbons (Fsp3) is 0.312. The molecule has 0 amide bonds. The van der Waals surface area contributed by atoms with Crippen molar-refractivity contribution in [3.63, 3.8) is 0 Å². The second-order valence-electron chi connectivity index (χ2n) is 4.79. The van der Waals surface area contributed by atoms with E-state index < -0.39 is 0 Å². The lowest BCUT2D eigenvalue weighted by Gasteiger charge is -2.22. The summed E-state index contributed by atoms with van der Waals surface area (Å²) >= 11 is 6.14. The van der Waals surface area contributed by atoms with Gasteiger partial charge in [0.2, 0.25) is 0 Å². The predicted molar refractivity (Wildman–Crippen MR) is 83.5 cm³/mol. The molecular formula is C16H20ClN3. The van der Waals surface area contributed by atoms with Crippen LogP contribution in [0.4, 0.5) is 0 Å². The number of nitrogens with zero attached hydrogens (tertiary/aromatic N) is 2. The number of halogens is 1. The Morgan fingerprint density at radius 2 is 1.85 bits per heavy atom. The smallest absolute Gasteiger partial charge is 0.133 e. The van der Waals surface area contributed by atoms with Gasteiger partial charge in [-0.3, -0.25) is 4.90 Å². The zero-order valence-corrected chi connectivity index (χ0v) is 12.3. The number of pyridine rings is 1. The molecular weight excluding hydrogens is 270 g/mol. The highest BCUT2D eigenvalue weighted by Crippen LogP contribution is 2.16. The van der Waals surface area contributed by atoms with E-state index >= 15 is 0 Å². The predicted octanol–water partition coefficient (Wildman–Crippen LogP) is 3.09. The van der Waals surface area contributed by atoms with Crippen molar-refractivity contribution in [2.75, 3.05) is 13.1 Å². The summed E-state index contributed by atoms with van der Waals surface area (Å²) in [6.07, 6.45) is 2.69. The van der Waals surface area contributed by atoms with Crippen LogP contribution in [0.1, 0.15) is 17.5 Å². The van der Waals surface area contributed by atoms with Gasteiger partial charge in [-0.2, -0.15) is 0 Å². The van der Waals surface area contributed by atoms with Crippen LogP contribution in [0, 0.1) is 0 Å². The van der Waals surface area contributed by atoms with E-state index in [-0.39, 0.29) is 0 Å². The van der Waals surface area contributed by atoms with Crippen LogP contribution in [0.15, 0.2) is 48.7 Å². The Bertz CT molecular complexity index is 516. The zero-order valence-electron chi connectivity index (χ0n) is 11.5. The monoisotopic (exact) mass is 289 g/mol. The van der Waals surface area contributed by atoms with E-state index in [9.17, 15) is 0 Å². The summed E-state index contributed by atoms with van der Waals surface area (Å²) in [4.78, 5) is 6.49. The number of benzene rings is 1. The minimum Gasteiger partial charge on any atom is -0.330 e. The molecule has 3 nitrogen and oxygen atoms in total. The van der Waals surface area contributed by atoms with E-state index in [2.05, 4.69) is 34.1 Å². The second kappa shape index (κ2) is 8.00. The minimum absolute atomic E-state index is 0.582. The summed E-state index contributed by atoms with van der Waals surface area (Å²) < 4.78 is 0. The molecule has 20 heavy (non-hydrogen) atoms. The minimum atomic E-state index is 0.582. The molecule has 1 heterocycles. The van der Waals surface area contributed by atoms with Crippen LogP contribution in [0.3, 0.4) is 0 Å². The van der Waals surface area contributed by atoms with Crippen LogP contribution in [0.25, 0.3) is 0 Å². The first kappa shape index (κ1) is 15.0. The van der Waals surface area contributed by atoms with Gasteiger partial charge < -0.3 is 5.73 Å². The molecule has 0 bridgehead atoms. The normalized spacial score (nSPS) is 10.9. The van der Waals surface area contributed by atoms with E-state index in [1.54, 1.807) is 6.20 Å². The van der Waals surface area contributed by atoms with Crippen LogP contribution >= 0.6 is 11.6 Å². The van der Waals surface area contributed by atoms with Gasteiger partial charge in [-0.25, -0.2) is 4.98 Å². The molecule has 2 rings (SSSR count). The molecule has 0 saturated heterocycles. The maximum atomic E-state index is 6.14. The third kappa shape index (κ3) is 4.60. The highest BCUT2D eigenvalue weighted by Gasteiger charge is 2.09. The van der Waals surface area contributed by atoms with Gasteiger partial charge >= 0.3 is 0 Å². The van der Waals surface area contributed by atoms with Gasteiger partial charge in [-0.1, -0.05) is 48.0 Å². The zero-order chi connectivity index (χ0) is 14.2. The van der Waals surface area contributed by atoms with Crippen molar-refractivity contribution in [2.24, 2.45) is 5.73 Å². The highest BCUT2D eigenvalue weighted by atomic mass is 35.5. The first-order chi connectivity index (χ1) is 9.79. The Hall–Kier alpha value is -1.42. The van der Waals surface area contributed by atoms with Crippen molar-refractivity contribution in [1.29, 1.82) is 0 Å². The van der Waals surface area contributed by atoms with Gasteiger partial charge in [-0.15, -0.1) is 0 Å². The van der Waals surface area contributed by atoms with E-state index in [0.717, 1.165) is 31.6 Å². The van der Waals surface area contributed by atoms with Crippen molar-refractivity contribution < 1.29 is 0 Å². The van der Waals surface area contributed by atoms with Crippen molar-refractivity contribution in [1.82, 2.24) is 9.88 Å². The third-order valence-corrected chi connectivity index (χ3v) is 3.50. The molecule has 0 radical (unpaired) electrons. The molecule has 106 valence electrons. The fourth-order valence-corrected chi connectivity index (χ4v) is 2.33. The lowest BCUT2D eigenvalue weighted by molar-refractivity contribution is 0.255. The lowest BCUT2D eigenvalue weighted by Crippen LogP contribution is -2.25. The quantitative estimate of drug-likeness (QED) is 0.797. The van der Waals surface area contributed by atoms with Crippen LogP contribution < -0.4 is 5.73 Å². The van der Waals surface area contributed by atoms with E-state index in [1.165, 1.54) is 5.56 Å². The Labute approximate surface area is 125 Å². The van der Waals surface area contributed by atoms with Gasteiger partial charge in [0.25, 0.3) is 0 Å². The molecule has 4 heteroatoms. The topological polar surface area (TPSA) is 42.1 Å². The Morgan fingerprint density at radius 1 is 1.05 bits per heavy atom. The van der Waals surface area contributed by atoms with E-state index in [0.29, 0.717) is 11.7 Å². The van der Waals surface area contributed by atoms with Gasteiger partial charge in [0, 0.05) is 31.4 Å². The average Bonchev–Trinajstić information content (AvgIpc) is 2.48. The summed E-state index contributed by atoms with van der Waals surface area (Å²) in [5, 5.41) is 0.582. The Kier molecular flexibility index (Phi) is 5.99. The van der Waals surface area contributed by atoms with Crippen molar-refractivity contribution in [3.8, 4) is 0 Å². The van der Waals surface area contributed by atoms with Gasteiger partial charge in [0.05, 0.1) is 0 Å². The molecule has 0 aliphatic rings. The van der Waals surface area contributed by atoms with Crippen LogP contribution in [-0.2, 0) is 13.1 Å². The SMILES string of the molecule is NCCCN(Cc1ccccc1)Cc1cccnc1Cl. The fourth-order valence-electron chi connectivity index (χ4n) is 2.15. The molecule has 0 aliphatic heterocycles. The van der Waals surface area contributed by atoms with Gasteiger partial charge in [0.1, 0.15) is 5.15 Å². The molecule has 2 N–H and O–H groups in total. The average molecular weight is 290 g/mol. The van der Waals surface area contributed by atoms with Crippen LogP contribution in [0.2, 0.25) is 5.15 Å². The second-order valence-corrected chi connectivity index (χ2v) is 5.15. The van der Waals surface area contributed by atoms with Crippen molar-refractivity contribution >= 4 is 11.6 Å². The summed E-state index contributed by atoms with van der Waals surface area (Å²) in [6, 6.07) is 14.4. The molecule has 0 fully saturated rings. The van der Waals surface area contributed by atoms with Crippen molar-refractivity contribution in [2.45, 2.75) is 19.5 Å². The standard InChI is InChI=1S/C16H20ClN3/c17-16-15(8-4-10-19-16)13-20(11-5-9-18)12-14-6-2-1-3-7-14/h1-4,6-8,10H,5,9,11-13,18H2. The van der Waals surface area contributed by atoms with Crippen LogP contribution in [-0.4, -0.2) is 23.0 Å². The molecule has 0 spiro atoms.